The third-order valence-electron chi connectivity index (χ3n) is 6.52. The molecular weight excluding hydrogens is 384 g/mol. The molecule has 7 nitrogen and oxygen atoms in total. The molecule has 0 bridgehead atoms. The van der Waals surface area contributed by atoms with E-state index >= 15 is 8.78 Å². The van der Waals surface area contributed by atoms with Crippen molar-refractivity contribution in [3.63, 3.8) is 0 Å². The summed E-state index contributed by atoms with van der Waals surface area (Å²) in [6, 6.07) is 0.867. The van der Waals surface area contributed by atoms with Gasteiger partial charge >= 0.3 is 5.97 Å². The Bertz CT molecular complexity index is 1100. The summed E-state index contributed by atoms with van der Waals surface area (Å²) in [6.07, 6.45) is 3.45. The number of halogens is 2. The molecule has 2 aliphatic heterocycles. The average molecular weight is 405 g/mol. The summed E-state index contributed by atoms with van der Waals surface area (Å²) in [5, 5.41) is 9.08. The number of aromatic carboxylic acids is 1. The molecule has 1 aliphatic carbocycles. The maximum absolute atomic E-state index is 15.7. The first-order chi connectivity index (χ1) is 13.9. The van der Waals surface area contributed by atoms with Crippen LogP contribution in [0.2, 0.25) is 0 Å². The summed E-state index contributed by atoms with van der Waals surface area (Å²) >= 11 is 0. The van der Waals surface area contributed by atoms with Crippen LogP contribution >= 0.6 is 0 Å². The van der Waals surface area contributed by atoms with Crippen molar-refractivity contribution in [1.29, 1.82) is 0 Å². The molecule has 2 atom stereocenters. The highest BCUT2D eigenvalue weighted by atomic mass is 19.1. The third-order valence-corrected chi connectivity index (χ3v) is 6.52. The molecule has 29 heavy (non-hydrogen) atoms. The summed E-state index contributed by atoms with van der Waals surface area (Å²) < 4.78 is 38.0. The van der Waals surface area contributed by atoms with Crippen molar-refractivity contribution in [2.45, 2.75) is 30.9 Å². The van der Waals surface area contributed by atoms with Crippen molar-refractivity contribution in [2.75, 3.05) is 31.1 Å². The van der Waals surface area contributed by atoms with Crippen molar-refractivity contribution in [3.05, 3.63) is 39.7 Å². The fraction of sp³-hybridized carbons (Fsp3) is 0.500. The molecule has 3 aliphatic rings. The lowest BCUT2D eigenvalue weighted by Crippen LogP contribution is -2.44. The molecule has 1 aromatic heterocycles. The van der Waals surface area contributed by atoms with Gasteiger partial charge in [-0.2, -0.15) is 0 Å². The molecule has 3 N–H and O–H groups in total. The van der Waals surface area contributed by atoms with Crippen LogP contribution in [0.3, 0.4) is 0 Å². The number of carboxylic acids is 1. The maximum atomic E-state index is 15.7. The predicted octanol–water partition coefficient (Wildman–Crippen LogP) is 1.87. The lowest BCUT2D eigenvalue weighted by Gasteiger charge is -2.27. The van der Waals surface area contributed by atoms with Crippen LogP contribution in [0.1, 0.15) is 35.7 Å². The number of aromatic nitrogens is 1. The fourth-order valence-corrected chi connectivity index (χ4v) is 4.85. The van der Waals surface area contributed by atoms with Gasteiger partial charge in [-0.05, 0) is 25.3 Å². The number of ether oxygens (including phenoxy) is 1. The first-order valence-corrected chi connectivity index (χ1v) is 9.75. The molecular formula is C20H21F2N3O4. The number of hydrogen-bond donors (Lipinski definition) is 2. The molecule has 5 rings (SSSR count). The van der Waals surface area contributed by atoms with E-state index in [0.29, 0.717) is 13.2 Å². The van der Waals surface area contributed by atoms with Crippen LogP contribution in [0, 0.1) is 17.6 Å². The molecule has 1 saturated carbocycles. The largest absolute Gasteiger partial charge is 0.477 e. The SMILES string of the molecule is NC[C@@]12CN(c3c(F)cc4c(=O)c(C(=O)O)cn(C5CC5)c4c3F)C[C@@H]1CCO2. The van der Waals surface area contributed by atoms with Crippen LogP contribution in [0.15, 0.2) is 17.1 Å². The number of nitrogens with zero attached hydrogens (tertiary/aromatic N) is 2. The van der Waals surface area contributed by atoms with Gasteiger partial charge in [0.25, 0.3) is 0 Å². The van der Waals surface area contributed by atoms with Crippen molar-refractivity contribution in [2.24, 2.45) is 11.7 Å². The summed E-state index contributed by atoms with van der Waals surface area (Å²) in [6.45, 7) is 1.53. The van der Waals surface area contributed by atoms with Gasteiger partial charge in [0.1, 0.15) is 22.7 Å². The zero-order chi connectivity index (χ0) is 20.5. The molecule has 9 heteroatoms. The Kier molecular flexibility index (Phi) is 3.98. The Labute approximate surface area is 164 Å². The predicted molar refractivity (Wildman–Crippen MR) is 101 cm³/mol. The highest BCUT2D eigenvalue weighted by molar-refractivity contribution is 5.94. The molecule has 0 amide bonds. The molecule has 154 valence electrons. The van der Waals surface area contributed by atoms with Crippen molar-refractivity contribution >= 4 is 22.6 Å². The van der Waals surface area contributed by atoms with Gasteiger partial charge in [0.2, 0.25) is 5.43 Å². The van der Waals surface area contributed by atoms with Crippen LogP contribution in [-0.2, 0) is 4.74 Å². The smallest absolute Gasteiger partial charge is 0.341 e. The molecule has 0 radical (unpaired) electrons. The minimum absolute atomic E-state index is 0.0429. The third kappa shape index (κ3) is 2.60. The quantitative estimate of drug-likeness (QED) is 0.806. The minimum atomic E-state index is -1.41. The van der Waals surface area contributed by atoms with E-state index in [9.17, 15) is 14.7 Å². The van der Waals surface area contributed by atoms with E-state index in [0.717, 1.165) is 25.3 Å². The Morgan fingerprint density at radius 2 is 2.10 bits per heavy atom. The number of carboxylic acid groups (broad SMARTS) is 1. The van der Waals surface area contributed by atoms with E-state index in [2.05, 4.69) is 0 Å². The lowest BCUT2D eigenvalue weighted by atomic mass is 9.91. The number of nitrogens with two attached hydrogens (primary N) is 1. The highest BCUT2D eigenvalue weighted by Gasteiger charge is 2.51. The Morgan fingerprint density at radius 1 is 1.34 bits per heavy atom. The highest BCUT2D eigenvalue weighted by Crippen LogP contribution is 2.44. The summed E-state index contributed by atoms with van der Waals surface area (Å²) in [5.41, 5.74) is 3.68. The first kappa shape index (κ1) is 18.5. The van der Waals surface area contributed by atoms with Crippen LogP contribution in [-0.4, -0.2) is 47.5 Å². The Hall–Kier alpha value is -2.52. The number of anilines is 1. The van der Waals surface area contributed by atoms with E-state index in [1.54, 1.807) is 4.90 Å². The van der Waals surface area contributed by atoms with Gasteiger partial charge in [-0.25, -0.2) is 13.6 Å². The lowest BCUT2D eigenvalue weighted by molar-refractivity contribution is 0.0126. The topological polar surface area (TPSA) is 97.8 Å². The average Bonchev–Trinajstić information content (AvgIpc) is 3.34. The van der Waals surface area contributed by atoms with Crippen LogP contribution in [0.4, 0.5) is 14.5 Å². The first-order valence-electron chi connectivity index (χ1n) is 9.75. The fourth-order valence-electron chi connectivity index (χ4n) is 4.85. The molecule has 3 fully saturated rings. The van der Waals surface area contributed by atoms with E-state index in [1.165, 1.54) is 10.8 Å². The zero-order valence-corrected chi connectivity index (χ0v) is 15.7. The molecule has 0 unspecified atom stereocenters. The van der Waals surface area contributed by atoms with Gasteiger partial charge in [-0.15, -0.1) is 0 Å². The second kappa shape index (κ2) is 6.24. The maximum Gasteiger partial charge on any atom is 0.341 e. The number of pyridine rings is 1. The van der Waals surface area contributed by atoms with Crippen LogP contribution in [0.25, 0.3) is 10.9 Å². The Morgan fingerprint density at radius 3 is 2.72 bits per heavy atom. The van der Waals surface area contributed by atoms with Crippen molar-refractivity contribution < 1.29 is 23.4 Å². The summed E-state index contributed by atoms with van der Waals surface area (Å²) in [5.74, 6) is -3.05. The van der Waals surface area contributed by atoms with E-state index in [-0.39, 0.29) is 41.6 Å². The van der Waals surface area contributed by atoms with Gasteiger partial charge in [0.05, 0.1) is 10.9 Å². The summed E-state index contributed by atoms with van der Waals surface area (Å²) in [7, 11) is 0. The van der Waals surface area contributed by atoms with Crippen LogP contribution < -0.4 is 16.1 Å². The molecule has 0 spiro atoms. The second-order valence-corrected chi connectivity index (χ2v) is 8.22. The van der Waals surface area contributed by atoms with Crippen molar-refractivity contribution in [1.82, 2.24) is 4.57 Å². The van der Waals surface area contributed by atoms with Gasteiger partial charge < -0.3 is 25.0 Å². The second-order valence-electron chi connectivity index (χ2n) is 8.22. The number of benzene rings is 1. The number of rotatable bonds is 4. The number of fused-ring (bicyclic) bond motifs is 2. The number of hydrogen-bond acceptors (Lipinski definition) is 5. The molecule has 2 saturated heterocycles. The summed E-state index contributed by atoms with van der Waals surface area (Å²) in [4.78, 5) is 25.6. The minimum Gasteiger partial charge on any atom is -0.477 e. The van der Waals surface area contributed by atoms with Crippen molar-refractivity contribution in [3.8, 4) is 0 Å². The van der Waals surface area contributed by atoms with Crippen LogP contribution in [0.5, 0.6) is 0 Å². The van der Waals surface area contributed by atoms with Gasteiger partial charge in [-0.1, -0.05) is 0 Å². The van der Waals surface area contributed by atoms with Gasteiger partial charge in [0, 0.05) is 44.4 Å². The van der Waals surface area contributed by atoms with Gasteiger partial charge in [0.15, 0.2) is 5.82 Å². The standard InChI is InChI=1S/C20H21F2N3O4/c21-14-5-12-16(25(11-1-2-11)7-13(18(12)26)19(27)28)15(22)17(14)24-6-10-3-4-29-20(10,8-23)9-24/h5,7,10-11H,1-4,6,8-9,23H2,(H,27,28)/t10-,20+/m0/s1. The normalized spacial score (nSPS) is 26.3. The number of carbonyl (C=O) groups is 1. The Balaban J connectivity index is 1.71. The molecule has 3 heterocycles. The van der Waals surface area contributed by atoms with E-state index in [1.807, 2.05) is 0 Å². The van der Waals surface area contributed by atoms with E-state index < -0.39 is 34.2 Å². The molecule has 2 aromatic rings. The monoisotopic (exact) mass is 405 g/mol. The van der Waals surface area contributed by atoms with E-state index in [4.69, 9.17) is 10.5 Å². The molecule has 1 aromatic carbocycles. The zero-order valence-electron chi connectivity index (χ0n) is 15.7. The van der Waals surface area contributed by atoms with Gasteiger partial charge in [-0.3, -0.25) is 4.79 Å².